The van der Waals surface area contributed by atoms with E-state index in [-0.39, 0.29) is 5.82 Å². The van der Waals surface area contributed by atoms with Gasteiger partial charge in [0.05, 0.1) is 15.7 Å². The molecular formula is C24H20ClFN4S. The van der Waals surface area contributed by atoms with Gasteiger partial charge in [-0.3, -0.25) is 0 Å². The Kier molecular flexibility index (Phi) is 5.12. The van der Waals surface area contributed by atoms with E-state index in [0.29, 0.717) is 17.1 Å². The van der Waals surface area contributed by atoms with E-state index in [1.807, 2.05) is 50.2 Å². The third-order valence-corrected chi connectivity index (χ3v) is 7.04. The molecule has 0 aliphatic rings. The van der Waals surface area contributed by atoms with Gasteiger partial charge in [-0.1, -0.05) is 35.9 Å². The highest BCUT2D eigenvalue weighted by atomic mass is 35.5. The van der Waals surface area contributed by atoms with Gasteiger partial charge >= 0.3 is 0 Å². The van der Waals surface area contributed by atoms with Gasteiger partial charge < -0.3 is 10.3 Å². The van der Waals surface area contributed by atoms with Crippen molar-refractivity contribution < 1.29 is 4.39 Å². The zero-order valence-electron chi connectivity index (χ0n) is 17.1. The Morgan fingerprint density at radius 1 is 1.13 bits per heavy atom. The molecule has 2 aromatic carbocycles. The lowest BCUT2D eigenvalue weighted by molar-refractivity contribution is 0.637. The summed E-state index contributed by atoms with van der Waals surface area (Å²) in [7, 11) is 0. The monoisotopic (exact) mass is 450 g/mol. The maximum absolute atomic E-state index is 14.2. The Labute approximate surface area is 188 Å². The van der Waals surface area contributed by atoms with Gasteiger partial charge in [-0.25, -0.2) is 14.4 Å². The van der Waals surface area contributed by atoms with Crippen LogP contribution in [0.3, 0.4) is 0 Å². The molecule has 0 bridgehead atoms. The number of aryl methyl sites for hydroxylation is 2. The van der Waals surface area contributed by atoms with Crippen molar-refractivity contribution in [2.45, 2.75) is 20.3 Å². The quantitative estimate of drug-likeness (QED) is 0.306. The Hall–Kier alpha value is -2.96. The number of aromatic nitrogens is 3. The molecule has 156 valence electrons. The van der Waals surface area contributed by atoms with Crippen molar-refractivity contribution in [3.05, 3.63) is 76.5 Å². The van der Waals surface area contributed by atoms with E-state index in [4.69, 9.17) is 11.6 Å². The van der Waals surface area contributed by atoms with Gasteiger partial charge in [0.2, 0.25) is 0 Å². The van der Waals surface area contributed by atoms with Crippen LogP contribution in [0.25, 0.3) is 31.6 Å². The van der Waals surface area contributed by atoms with Crippen molar-refractivity contribution in [2.24, 2.45) is 0 Å². The number of H-pyrrole nitrogens is 1. The number of anilines is 1. The number of nitrogens with zero attached hydrogens (tertiary/aromatic N) is 2. The van der Waals surface area contributed by atoms with Crippen LogP contribution in [0.5, 0.6) is 0 Å². The highest BCUT2D eigenvalue weighted by Crippen LogP contribution is 2.38. The number of fused-ring (bicyclic) bond motifs is 2. The Balaban J connectivity index is 1.42. The van der Waals surface area contributed by atoms with Gasteiger partial charge in [0.15, 0.2) is 0 Å². The molecule has 5 aromatic rings. The number of nitrogens with one attached hydrogen (secondary N) is 2. The fourth-order valence-corrected chi connectivity index (χ4v) is 5.45. The van der Waals surface area contributed by atoms with Crippen LogP contribution in [0.2, 0.25) is 5.02 Å². The molecule has 0 saturated carbocycles. The zero-order valence-corrected chi connectivity index (χ0v) is 18.7. The first kappa shape index (κ1) is 20.0. The summed E-state index contributed by atoms with van der Waals surface area (Å²) < 4.78 is 15.2. The van der Waals surface area contributed by atoms with E-state index in [0.717, 1.165) is 55.1 Å². The fraction of sp³-hybridized carbons (Fsp3) is 0.167. The van der Waals surface area contributed by atoms with Gasteiger partial charge in [-0.05, 0) is 49.6 Å². The molecule has 2 N–H and O–H groups in total. The first-order chi connectivity index (χ1) is 15.0. The highest BCUT2D eigenvalue weighted by Gasteiger charge is 2.15. The van der Waals surface area contributed by atoms with Gasteiger partial charge in [-0.2, -0.15) is 0 Å². The minimum absolute atomic E-state index is 0.217. The summed E-state index contributed by atoms with van der Waals surface area (Å²) in [4.78, 5) is 13.1. The minimum Gasteiger partial charge on any atom is -0.368 e. The predicted molar refractivity (Wildman–Crippen MR) is 128 cm³/mol. The SMILES string of the molecule is Cc1[nH]c2c(F)ccc(C)c2c1CCNc1ncnc2cc(-c3ccccc3Cl)sc12. The van der Waals surface area contributed by atoms with E-state index >= 15 is 0 Å². The second kappa shape index (κ2) is 7.94. The van der Waals surface area contributed by atoms with Crippen molar-refractivity contribution in [3.8, 4) is 10.4 Å². The van der Waals surface area contributed by atoms with Crippen LogP contribution < -0.4 is 5.32 Å². The molecule has 0 unspecified atom stereocenters. The summed E-state index contributed by atoms with van der Waals surface area (Å²) in [5, 5.41) is 5.14. The average molecular weight is 451 g/mol. The molecule has 0 atom stereocenters. The van der Waals surface area contributed by atoms with Crippen LogP contribution in [-0.2, 0) is 6.42 Å². The number of benzene rings is 2. The Bertz CT molecular complexity index is 1420. The smallest absolute Gasteiger partial charge is 0.147 e. The van der Waals surface area contributed by atoms with Gasteiger partial charge in [-0.15, -0.1) is 11.3 Å². The van der Waals surface area contributed by atoms with Crippen LogP contribution >= 0.6 is 22.9 Å². The maximum Gasteiger partial charge on any atom is 0.147 e. The highest BCUT2D eigenvalue weighted by molar-refractivity contribution is 7.22. The molecule has 5 rings (SSSR count). The summed E-state index contributed by atoms with van der Waals surface area (Å²) in [6.45, 7) is 4.68. The van der Waals surface area contributed by atoms with E-state index in [9.17, 15) is 4.39 Å². The first-order valence-electron chi connectivity index (χ1n) is 10.0. The van der Waals surface area contributed by atoms with Gasteiger partial charge in [0, 0.05) is 33.1 Å². The van der Waals surface area contributed by atoms with Crippen LogP contribution in [0.1, 0.15) is 16.8 Å². The molecule has 0 radical (unpaired) electrons. The number of hydrogen-bond acceptors (Lipinski definition) is 4. The van der Waals surface area contributed by atoms with E-state index in [1.165, 1.54) is 6.07 Å². The molecule has 0 fully saturated rings. The number of thiophene rings is 1. The standard InChI is InChI=1S/C24H20ClFN4S/c1-13-7-8-18(26)22-21(13)15(14(2)30-22)9-10-27-24-23-19(28-12-29-24)11-20(31-23)16-5-3-4-6-17(16)25/h3-8,11-12,30H,9-10H2,1-2H3,(H,27,28,29). The van der Waals surface area contributed by atoms with Crippen LogP contribution in [0.4, 0.5) is 10.2 Å². The molecule has 0 amide bonds. The Morgan fingerprint density at radius 2 is 1.97 bits per heavy atom. The predicted octanol–water partition coefficient (Wildman–Crippen LogP) is 6.90. The Morgan fingerprint density at radius 3 is 2.81 bits per heavy atom. The zero-order chi connectivity index (χ0) is 21.5. The summed E-state index contributed by atoms with van der Waals surface area (Å²) in [5.74, 6) is 0.583. The third kappa shape index (κ3) is 3.56. The molecule has 7 heteroatoms. The molecule has 3 heterocycles. The number of rotatable bonds is 5. The van der Waals surface area contributed by atoms with Crippen molar-refractivity contribution >= 4 is 49.9 Å². The number of hydrogen-bond donors (Lipinski definition) is 2. The first-order valence-corrected chi connectivity index (χ1v) is 11.2. The van der Waals surface area contributed by atoms with Gasteiger partial charge in [0.1, 0.15) is 18.0 Å². The molecule has 0 aliphatic heterocycles. The molecule has 0 spiro atoms. The average Bonchev–Trinajstić information content (AvgIpc) is 3.34. The second-order valence-corrected chi connectivity index (χ2v) is 9.01. The number of aromatic amines is 1. The number of halogens is 2. The van der Waals surface area contributed by atoms with Gasteiger partial charge in [0.25, 0.3) is 0 Å². The van der Waals surface area contributed by atoms with Crippen molar-refractivity contribution in [2.75, 3.05) is 11.9 Å². The lowest BCUT2D eigenvalue weighted by Crippen LogP contribution is -2.07. The largest absolute Gasteiger partial charge is 0.368 e. The maximum atomic E-state index is 14.2. The molecular weight excluding hydrogens is 431 g/mol. The van der Waals surface area contributed by atoms with Crippen molar-refractivity contribution in [1.29, 1.82) is 0 Å². The lowest BCUT2D eigenvalue weighted by atomic mass is 10.0. The van der Waals surface area contributed by atoms with E-state index in [1.54, 1.807) is 17.7 Å². The normalized spacial score (nSPS) is 11.5. The molecule has 0 saturated heterocycles. The second-order valence-electron chi connectivity index (χ2n) is 7.55. The van der Waals surface area contributed by atoms with Crippen molar-refractivity contribution in [3.63, 3.8) is 0 Å². The minimum atomic E-state index is -0.217. The van der Waals surface area contributed by atoms with E-state index < -0.39 is 0 Å². The summed E-state index contributed by atoms with van der Waals surface area (Å²) in [6.07, 6.45) is 2.33. The molecule has 31 heavy (non-hydrogen) atoms. The van der Waals surface area contributed by atoms with Crippen molar-refractivity contribution in [1.82, 2.24) is 15.0 Å². The molecule has 3 aromatic heterocycles. The summed E-state index contributed by atoms with van der Waals surface area (Å²) in [5.41, 5.74) is 5.66. The molecule has 0 aliphatic carbocycles. The fourth-order valence-electron chi connectivity index (χ4n) is 4.04. The van der Waals surface area contributed by atoms with Crippen LogP contribution in [-0.4, -0.2) is 21.5 Å². The van der Waals surface area contributed by atoms with Crippen LogP contribution in [0.15, 0.2) is 48.8 Å². The van der Waals surface area contributed by atoms with E-state index in [2.05, 4.69) is 20.3 Å². The molecule has 4 nitrogen and oxygen atoms in total. The van der Waals surface area contributed by atoms with Crippen LogP contribution in [0, 0.1) is 19.7 Å². The summed E-state index contributed by atoms with van der Waals surface area (Å²) >= 11 is 8.00. The summed E-state index contributed by atoms with van der Waals surface area (Å²) in [6, 6.07) is 13.2. The topological polar surface area (TPSA) is 53.6 Å². The lowest BCUT2D eigenvalue weighted by Gasteiger charge is -2.08. The third-order valence-electron chi connectivity index (χ3n) is 5.55.